The van der Waals surface area contributed by atoms with Gasteiger partial charge >= 0.3 is 0 Å². The summed E-state index contributed by atoms with van der Waals surface area (Å²) in [5.74, 6) is 0.278. The zero-order chi connectivity index (χ0) is 23.8. The third-order valence-electron chi connectivity index (χ3n) is 4.25. The number of carbonyl (C=O) groups is 1. The fraction of sp³-hybridized carbons (Fsp3) is 0.190. The van der Waals surface area contributed by atoms with Crippen LogP contribution in [0.2, 0.25) is 0 Å². The van der Waals surface area contributed by atoms with Crippen molar-refractivity contribution < 1.29 is 17.9 Å². The van der Waals surface area contributed by atoms with Crippen molar-refractivity contribution in [3.8, 4) is 5.75 Å². The Morgan fingerprint density at radius 3 is 2.61 bits per heavy atom. The SMILES string of the molecule is CCCCOc1ccc(C(=O)NC(=S)Nc2ccc(S(=O)(=O)Nc3nccs3)cc2)cc1Br. The van der Waals surface area contributed by atoms with Crippen LogP contribution in [0, 0.1) is 0 Å². The highest BCUT2D eigenvalue weighted by atomic mass is 79.9. The number of hydrogen-bond donors (Lipinski definition) is 3. The van der Waals surface area contributed by atoms with E-state index < -0.39 is 10.0 Å². The molecular weight excluding hydrogens is 548 g/mol. The van der Waals surface area contributed by atoms with Gasteiger partial charge in [0.05, 0.1) is 16.0 Å². The maximum atomic E-state index is 12.5. The molecule has 174 valence electrons. The van der Waals surface area contributed by atoms with Crippen LogP contribution in [0.25, 0.3) is 0 Å². The summed E-state index contributed by atoms with van der Waals surface area (Å²) in [4.78, 5) is 16.5. The van der Waals surface area contributed by atoms with Gasteiger partial charge in [0.1, 0.15) is 5.75 Å². The predicted molar refractivity (Wildman–Crippen MR) is 138 cm³/mol. The average Bonchev–Trinajstić information content (AvgIpc) is 3.27. The Kier molecular flexibility index (Phi) is 8.78. The van der Waals surface area contributed by atoms with Crippen LogP contribution in [-0.2, 0) is 10.0 Å². The van der Waals surface area contributed by atoms with Gasteiger partial charge in [0.15, 0.2) is 10.2 Å². The Morgan fingerprint density at radius 2 is 1.97 bits per heavy atom. The average molecular weight is 570 g/mol. The highest BCUT2D eigenvalue weighted by molar-refractivity contribution is 9.10. The van der Waals surface area contributed by atoms with Gasteiger partial charge in [-0.3, -0.25) is 14.8 Å². The standard InChI is InChI=1S/C21H21BrN4O4S3/c1-2-3-11-30-18-9-4-14(13-17(18)22)19(27)25-20(31)24-15-5-7-16(8-6-15)33(28,29)26-21-23-10-12-32-21/h4-10,12-13H,2-3,11H2,1H3,(H,23,26)(H2,24,25,27,31). The second-order valence-electron chi connectivity index (χ2n) is 6.72. The van der Waals surface area contributed by atoms with Gasteiger partial charge in [-0.25, -0.2) is 13.4 Å². The molecule has 3 rings (SSSR count). The van der Waals surface area contributed by atoms with Crippen molar-refractivity contribution in [2.45, 2.75) is 24.7 Å². The molecule has 0 spiro atoms. The van der Waals surface area contributed by atoms with E-state index in [0.717, 1.165) is 12.8 Å². The summed E-state index contributed by atoms with van der Waals surface area (Å²) in [6.07, 6.45) is 3.49. The van der Waals surface area contributed by atoms with E-state index in [9.17, 15) is 13.2 Å². The Balaban J connectivity index is 1.57. The summed E-state index contributed by atoms with van der Waals surface area (Å²) in [5, 5.41) is 7.51. The smallest absolute Gasteiger partial charge is 0.263 e. The molecule has 1 aromatic heterocycles. The lowest BCUT2D eigenvalue weighted by molar-refractivity contribution is 0.0977. The molecule has 0 unspecified atom stereocenters. The van der Waals surface area contributed by atoms with Gasteiger partial charge < -0.3 is 10.1 Å². The molecule has 2 aromatic carbocycles. The van der Waals surface area contributed by atoms with Crippen molar-refractivity contribution in [2.75, 3.05) is 16.6 Å². The molecule has 12 heteroatoms. The third kappa shape index (κ3) is 7.22. The molecule has 1 heterocycles. The van der Waals surface area contributed by atoms with E-state index in [1.165, 1.54) is 29.7 Å². The van der Waals surface area contributed by atoms with Crippen LogP contribution in [0.4, 0.5) is 10.8 Å². The molecule has 3 aromatic rings. The van der Waals surface area contributed by atoms with Crippen LogP contribution in [0.1, 0.15) is 30.1 Å². The topological polar surface area (TPSA) is 109 Å². The van der Waals surface area contributed by atoms with E-state index in [0.29, 0.717) is 28.1 Å². The van der Waals surface area contributed by atoms with Crippen LogP contribution in [0.5, 0.6) is 5.75 Å². The minimum Gasteiger partial charge on any atom is -0.492 e. The molecule has 0 aliphatic rings. The molecule has 8 nitrogen and oxygen atoms in total. The molecule has 0 saturated carbocycles. The first-order valence-electron chi connectivity index (χ1n) is 9.85. The second-order valence-corrected chi connectivity index (χ2v) is 10.6. The number of halogens is 1. The lowest BCUT2D eigenvalue weighted by atomic mass is 10.2. The van der Waals surface area contributed by atoms with Crippen molar-refractivity contribution in [1.82, 2.24) is 10.3 Å². The molecular formula is C21H21BrN4O4S3. The van der Waals surface area contributed by atoms with Crippen molar-refractivity contribution in [3.63, 3.8) is 0 Å². The summed E-state index contributed by atoms with van der Waals surface area (Å²) < 4.78 is 33.5. The molecule has 33 heavy (non-hydrogen) atoms. The third-order valence-corrected chi connectivity index (χ3v) is 7.25. The zero-order valence-corrected chi connectivity index (χ0v) is 21.5. The number of amides is 1. The summed E-state index contributed by atoms with van der Waals surface area (Å²) >= 11 is 9.81. The maximum absolute atomic E-state index is 12.5. The quantitative estimate of drug-likeness (QED) is 0.246. The molecule has 0 fully saturated rings. The second kappa shape index (κ2) is 11.5. The molecule has 0 aliphatic heterocycles. The van der Waals surface area contributed by atoms with Gasteiger partial charge in [0.25, 0.3) is 15.9 Å². The summed E-state index contributed by atoms with van der Waals surface area (Å²) in [5.41, 5.74) is 0.929. The fourth-order valence-corrected chi connectivity index (χ4v) is 5.08. The van der Waals surface area contributed by atoms with Crippen LogP contribution >= 0.6 is 39.5 Å². The lowest BCUT2D eigenvalue weighted by Gasteiger charge is -2.12. The number of hydrogen-bond acceptors (Lipinski definition) is 7. The Labute approximate surface area is 210 Å². The summed E-state index contributed by atoms with van der Waals surface area (Å²) in [7, 11) is -3.75. The van der Waals surface area contributed by atoms with Crippen molar-refractivity contribution in [1.29, 1.82) is 0 Å². The number of rotatable bonds is 9. The van der Waals surface area contributed by atoms with E-state index in [1.54, 1.807) is 35.7 Å². The number of nitrogens with zero attached hydrogens (tertiary/aromatic N) is 1. The Morgan fingerprint density at radius 1 is 1.21 bits per heavy atom. The first kappa shape index (κ1) is 25.1. The van der Waals surface area contributed by atoms with Crippen molar-refractivity contribution in [2.24, 2.45) is 0 Å². The molecule has 0 atom stereocenters. The Hall–Kier alpha value is -2.54. The zero-order valence-electron chi connectivity index (χ0n) is 17.5. The molecule has 0 saturated heterocycles. The van der Waals surface area contributed by atoms with Crippen LogP contribution in [-0.4, -0.2) is 31.0 Å². The molecule has 3 N–H and O–H groups in total. The normalized spacial score (nSPS) is 11.0. The first-order valence-corrected chi connectivity index (χ1v) is 13.4. The molecule has 0 bridgehead atoms. The number of sulfonamides is 1. The minimum absolute atomic E-state index is 0.0734. The minimum atomic E-state index is -3.75. The first-order chi connectivity index (χ1) is 15.8. The van der Waals surface area contributed by atoms with Crippen molar-refractivity contribution in [3.05, 3.63) is 64.1 Å². The number of nitrogens with one attached hydrogen (secondary N) is 3. The number of carbonyl (C=O) groups excluding carboxylic acids is 1. The number of thiazole rings is 1. The molecule has 1 amide bonds. The largest absolute Gasteiger partial charge is 0.492 e. The van der Waals surface area contributed by atoms with E-state index in [2.05, 4.69) is 43.2 Å². The number of anilines is 2. The van der Waals surface area contributed by atoms with Crippen LogP contribution < -0.4 is 20.1 Å². The molecule has 0 radical (unpaired) electrons. The van der Waals surface area contributed by atoms with Gasteiger partial charge in [0, 0.05) is 22.8 Å². The number of ether oxygens (including phenoxy) is 1. The van der Waals surface area contributed by atoms with E-state index in [-0.39, 0.29) is 21.0 Å². The van der Waals surface area contributed by atoms with Crippen molar-refractivity contribution >= 4 is 71.3 Å². The lowest BCUT2D eigenvalue weighted by Crippen LogP contribution is -2.34. The molecule has 0 aliphatic carbocycles. The summed E-state index contributed by atoms with van der Waals surface area (Å²) in [6.45, 7) is 2.69. The van der Waals surface area contributed by atoms with Gasteiger partial charge in [-0.1, -0.05) is 13.3 Å². The summed E-state index contributed by atoms with van der Waals surface area (Å²) in [6, 6.07) is 11.0. The van der Waals surface area contributed by atoms with Gasteiger partial charge in [-0.2, -0.15) is 0 Å². The number of benzene rings is 2. The predicted octanol–water partition coefficient (Wildman–Crippen LogP) is 5.01. The van der Waals surface area contributed by atoms with Crippen LogP contribution in [0.15, 0.2) is 63.4 Å². The fourth-order valence-electron chi connectivity index (χ4n) is 2.59. The number of thiocarbonyl (C=S) groups is 1. The van der Waals surface area contributed by atoms with Gasteiger partial charge in [0.2, 0.25) is 0 Å². The highest BCUT2D eigenvalue weighted by Gasteiger charge is 2.16. The number of unbranched alkanes of at least 4 members (excludes halogenated alkanes) is 1. The Bertz CT molecular complexity index is 1220. The highest BCUT2D eigenvalue weighted by Crippen LogP contribution is 2.26. The van der Waals surface area contributed by atoms with Gasteiger partial charge in [-0.05, 0) is 77.0 Å². The van der Waals surface area contributed by atoms with E-state index >= 15 is 0 Å². The van der Waals surface area contributed by atoms with E-state index in [4.69, 9.17) is 17.0 Å². The monoisotopic (exact) mass is 568 g/mol. The maximum Gasteiger partial charge on any atom is 0.263 e. The van der Waals surface area contributed by atoms with Crippen LogP contribution in [0.3, 0.4) is 0 Å². The number of aromatic nitrogens is 1. The van der Waals surface area contributed by atoms with Gasteiger partial charge in [-0.15, -0.1) is 11.3 Å². The van der Waals surface area contributed by atoms with E-state index in [1.807, 2.05) is 0 Å².